The van der Waals surface area contributed by atoms with Gasteiger partial charge in [-0.25, -0.2) is 0 Å². The number of hydrogen-bond donors (Lipinski definition) is 1. The fourth-order valence-electron chi connectivity index (χ4n) is 3.24. The Labute approximate surface area is 84.4 Å². The molecule has 0 amide bonds. The molecule has 1 N–H and O–H groups in total. The highest BCUT2D eigenvalue weighted by Gasteiger charge is 2.47. The third-order valence-corrected chi connectivity index (χ3v) is 3.59. The van der Waals surface area contributed by atoms with E-state index in [1.807, 2.05) is 0 Å². The van der Waals surface area contributed by atoms with Crippen molar-refractivity contribution in [2.24, 2.45) is 23.2 Å². The molecule has 1 aliphatic carbocycles. The van der Waals surface area contributed by atoms with Crippen LogP contribution in [0.4, 0.5) is 0 Å². The van der Waals surface area contributed by atoms with E-state index in [-0.39, 0.29) is 17.8 Å². The quantitative estimate of drug-likeness (QED) is 0.698. The number of carbonyl (C=O) groups is 1. The van der Waals surface area contributed by atoms with Crippen LogP contribution in [0.3, 0.4) is 0 Å². The van der Waals surface area contributed by atoms with E-state index < -0.39 is 5.97 Å². The molecule has 1 saturated carbocycles. The lowest BCUT2D eigenvalue weighted by Crippen LogP contribution is -2.48. The number of fused-ring (bicyclic) bond motifs is 2. The Morgan fingerprint density at radius 2 is 1.79 bits per heavy atom. The Morgan fingerprint density at radius 1 is 1.29 bits per heavy atom. The Balaban J connectivity index is 2.19. The topological polar surface area (TPSA) is 46.5 Å². The minimum Gasteiger partial charge on any atom is -0.481 e. The molecule has 3 nitrogen and oxygen atoms in total. The molecule has 14 heavy (non-hydrogen) atoms. The van der Waals surface area contributed by atoms with Gasteiger partial charge in [0.15, 0.2) is 0 Å². The van der Waals surface area contributed by atoms with Crippen molar-refractivity contribution in [1.29, 1.82) is 0 Å². The summed E-state index contributed by atoms with van der Waals surface area (Å²) in [7, 11) is 0. The number of ether oxygens (including phenoxy) is 1. The number of rotatable bonds is 1. The smallest absolute Gasteiger partial charge is 0.307 e. The summed E-state index contributed by atoms with van der Waals surface area (Å²) in [6.07, 6.45) is 1.97. The molecule has 2 unspecified atom stereocenters. The fraction of sp³-hybridized carbons (Fsp3) is 0.909. The van der Waals surface area contributed by atoms with E-state index in [9.17, 15) is 4.79 Å². The van der Waals surface area contributed by atoms with Crippen LogP contribution in [0.2, 0.25) is 0 Å². The summed E-state index contributed by atoms with van der Waals surface area (Å²) in [5, 5.41) is 9.16. The second-order valence-electron chi connectivity index (χ2n) is 5.49. The van der Waals surface area contributed by atoms with Crippen LogP contribution in [0.25, 0.3) is 0 Å². The van der Waals surface area contributed by atoms with Gasteiger partial charge < -0.3 is 9.84 Å². The van der Waals surface area contributed by atoms with Crippen molar-refractivity contribution in [3.8, 4) is 0 Å². The molecule has 0 spiro atoms. The van der Waals surface area contributed by atoms with Crippen molar-refractivity contribution in [2.75, 3.05) is 13.2 Å². The van der Waals surface area contributed by atoms with Crippen molar-refractivity contribution in [3.63, 3.8) is 0 Å². The predicted molar refractivity (Wildman–Crippen MR) is 51.9 cm³/mol. The molecule has 2 aliphatic rings. The first kappa shape index (κ1) is 9.97. The monoisotopic (exact) mass is 198 g/mol. The van der Waals surface area contributed by atoms with Gasteiger partial charge >= 0.3 is 5.97 Å². The van der Waals surface area contributed by atoms with Crippen LogP contribution in [0.15, 0.2) is 0 Å². The van der Waals surface area contributed by atoms with E-state index in [0.29, 0.717) is 18.6 Å². The van der Waals surface area contributed by atoms with Crippen LogP contribution in [0.1, 0.15) is 26.7 Å². The van der Waals surface area contributed by atoms with Gasteiger partial charge in [0.2, 0.25) is 0 Å². The van der Waals surface area contributed by atoms with E-state index >= 15 is 0 Å². The molecule has 0 aromatic heterocycles. The Hall–Kier alpha value is -0.570. The average Bonchev–Trinajstić information content (AvgIpc) is 1.99. The van der Waals surface area contributed by atoms with Crippen LogP contribution in [0, 0.1) is 23.2 Å². The Bertz CT molecular complexity index is 231. The molecule has 0 radical (unpaired) electrons. The maximum absolute atomic E-state index is 11.1. The second kappa shape index (κ2) is 3.23. The molecule has 0 aromatic carbocycles. The van der Waals surface area contributed by atoms with Crippen LogP contribution in [0.5, 0.6) is 0 Å². The third kappa shape index (κ3) is 1.65. The highest BCUT2D eigenvalue weighted by Crippen LogP contribution is 2.47. The zero-order chi connectivity index (χ0) is 10.3. The molecule has 3 heteroatoms. The number of carboxylic acids is 1. The van der Waals surface area contributed by atoms with Gasteiger partial charge in [-0.1, -0.05) is 13.8 Å². The molecular formula is C11H18O3. The van der Waals surface area contributed by atoms with Crippen molar-refractivity contribution in [3.05, 3.63) is 0 Å². The molecule has 0 aromatic rings. The summed E-state index contributed by atoms with van der Waals surface area (Å²) in [5.74, 6) is -0.319. The highest BCUT2D eigenvalue weighted by atomic mass is 16.5. The highest BCUT2D eigenvalue weighted by molar-refractivity contribution is 5.71. The predicted octanol–water partition coefficient (Wildman–Crippen LogP) is 1.77. The molecule has 2 fully saturated rings. The van der Waals surface area contributed by atoms with E-state index in [2.05, 4.69) is 13.8 Å². The summed E-state index contributed by atoms with van der Waals surface area (Å²) < 4.78 is 5.45. The molecule has 1 aliphatic heterocycles. The average molecular weight is 198 g/mol. The lowest BCUT2D eigenvalue weighted by atomic mass is 9.61. The lowest BCUT2D eigenvalue weighted by molar-refractivity contribution is -0.161. The summed E-state index contributed by atoms with van der Waals surface area (Å²) in [6, 6.07) is 0. The zero-order valence-corrected chi connectivity index (χ0v) is 8.82. The first-order valence-corrected chi connectivity index (χ1v) is 5.30. The first-order chi connectivity index (χ1) is 6.49. The zero-order valence-electron chi connectivity index (χ0n) is 8.82. The number of aliphatic carboxylic acids is 1. The summed E-state index contributed by atoms with van der Waals surface area (Å²) in [4.78, 5) is 11.1. The van der Waals surface area contributed by atoms with Crippen molar-refractivity contribution in [2.45, 2.75) is 26.7 Å². The summed E-state index contributed by atoms with van der Waals surface area (Å²) >= 11 is 0. The summed E-state index contributed by atoms with van der Waals surface area (Å²) in [5.41, 5.74) is 0.297. The van der Waals surface area contributed by atoms with Gasteiger partial charge in [-0.3, -0.25) is 4.79 Å². The van der Waals surface area contributed by atoms with Crippen LogP contribution >= 0.6 is 0 Å². The third-order valence-electron chi connectivity index (χ3n) is 3.59. The van der Waals surface area contributed by atoms with E-state index in [4.69, 9.17) is 9.84 Å². The standard InChI is InChI=1S/C11H18O3/c1-11(2)3-7-5-14-6-8(4-11)9(7)10(12)13/h7-9H,3-6H2,1-2H3,(H,12,13). The van der Waals surface area contributed by atoms with Gasteiger partial charge in [-0.05, 0) is 30.1 Å². The fourth-order valence-corrected chi connectivity index (χ4v) is 3.24. The minimum absolute atomic E-state index is 0.156. The number of carboxylic acid groups (broad SMARTS) is 1. The van der Waals surface area contributed by atoms with Gasteiger partial charge in [-0.15, -0.1) is 0 Å². The van der Waals surface area contributed by atoms with Crippen LogP contribution in [-0.2, 0) is 9.53 Å². The molecule has 2 rings (SSSR count). The molecular weight excluding hydrogens is 180 g/mol. The minimum atomic E-state index is -0.626. The molecule has 1 saturated heterocycles. The van der Waals surface area contributed by atoms with Crippen molar-refractivity contribution >= 4 is 5.97 Å². The van der Waals surface area contributed by atoms with Gasteiger partial charge in [0.25, 0.3) is 0 Å². The normalized spacial score (nSPS) is 40.6. The van der Waals surface area contributed by atoms with Gasteiger partial charge in [0.1, 0.15) is 0 Å². The van der Waals surface area contributed by atoms with Crippen molar-refractivity contribution < 1.29 is 14.6 Å². The van der Waals surface area contributed by atoms with Gasteiger partial charge in [0, 0.05) is 0 Å². The Kier molecular flexibility index (Phi) is 2.30. The van der Waals surface area contributed by atoms with Gasteiger partial charge in [0.05, 0.1) is 19.1 Å². The maximum Gasteiger partial charge on any atom is 0.307 e. The molecule has 80 valence electrons. The molecule has 2 bridgehead atoms. The lowest BCUT2D eigenvalue weighted by Gasteiger charge is -2.47. The largest absolute Gasteiger partial charge is 0.481 e. The van der Waals surface area contributed by atoms with E-state index in [1.54, 1.807) is 0 Å². The second-order valence-corrected chi connectivity index (χ2v) is 5.49. The number of hydrogen-bond acceptors (Lipinski definition) is 2. The van der Waals surface area contributed by atoms with E-state index in [0.717, 1.165) is 12.8 Å². The van der Waals surface area contributed by atoms with Crippen molar-refractivity contribution in [1.82, 2.24) is 0 Å². The molecule has 1 heterocycles. The maximum atomic E-state index is 11.1. The first-order valence-electron chi connectivity index (χ1n) is 5.30. The SMILES string of the molecule is CC1(C)CC2COCC(C1)C2C(=O)O. The summed E-state index contributed by atoms with van der Waals surface area (Å²) in [6.45, 7) is 5.74. The van der Waals surface area contributed by atoms with Crippen LogP contribution < -0.4 is 0 Å². The molecule has 2 atom stereocenters. The van der Waals surface area contributed by atoms with E-state index in [1.165, 1.54) is 0 Å². The Morgan fingerprint density at radius 3 is 2.21 bits per heavy atom. The van der Waals surface area contributed by atoms with Crippen LogP contribution in [-0.4, -0.2) is 24.3 Å². The van der Waals surface area contributed by atoms with Gasteiger partial charge in [-0.2, -0.15) is 0 Å².